The van der Waals surface area contributed by atoms with Gasteiger partial charge in [0.2, 0.25) is 0 Å². The molecule has 5 nitrogen and oxygen atoms in total. The van der Waals surface area contributed by atoms with Crippen molar-refractivity contribution in [2.75, 3.05) is 13.2 Å². The fraction of sp³-hybridized carbons (Fsp3) is 0.500. The van der Waals surface area contributed by atoms with E-state index in [2.05, 4.69) is 0 Å². The van der Waals surface area contributed by atoms with E-state index in [1.54, 1.807) is 6.92 Å². The molecule has 0 spiro atoms. The maximum atomic E-state index is 11.1. The average Bonchev–Trinajstić information content (AvgIpc) is 2.49. The molecule has 0 radical (unpaired) electrons. The molecule has 0 aromatic rings. The van der Waals surface area contributed by atoms with Crippen molar-refractivity contribution in [1.29, 1.82) is 0 Å². The summed E-state index contributed by atoms with van der Waals surface area (Å²) >= 11 is 0. The van der Waals surface area contributed by atoms with Gasteiger partial charge in [-0.3, -0.25) is 19.3 Å². The molecule has 1 heterocycles. The molecule has 0 fully saturated rings. The lowest BCUT2D eigenvalue weighted by atomic mass is 10.3. The summed E-state index contributed by atoms with van der Waals surface area (Å²) in [6, 6.07) is 0. The standard InChI is InChI=1S/C10H13NO4/c1-2-15-10(14)4-3-7-11-8(12)5-6-9(11)13/h5-6H,2-4,7H2,1H3. The lowest BCUT2D eigenvalue weighted by Crippen LogP contribution is -2.31. The molecule has 5 heteroatoms. The highest BCUT2D eigenvalue weighted by atomic mass is 16.5. The second-order valence-electron chi connectivity index (χ2n) is 3.07. The topological polar surface area (TPSA) is 63.7 Å². The molecule has 0 N–H and O–H groups in total. The summed E-state index contributed by atoms with van der Waals surface area (Å²) in [7, 11) is 0. The number of ether oxygens (including phenoxy) is 1. The molecular formula is C10H13NO4. The van der Waals surface area contributed by atoms with E-state index in [-0.39, 0.29) is 30.7 Å². The number of rotatable bonds is 5. The minimum absolute atomic E-state index is 0.227. The largest absolute Gasteiger partial charge is 0.466 e. The summed E-state index contributed by atoms with van der Waals surface area (Å²) in [5.41, 5.74) is 0. The van der Waals surface area contributed by atoms with Gasteiger partial charge in [-0.1, -0.05) is 0 Å². The van der Waals surface area contributed by atoms with Crippen LogP contribution in [-0.2, 0) is 19.1 Å². The molecular weight excluding hydrogens is 198 g/mol. The molecule has 1 rings (SSSR count). The molecule has 1 aliphatic rings. The Kier molecular flexibility index (Phi) is 4.03. The van der Waals surface area contributed by atoms with Crippen LogP contribution in [0.1, 0.15) is 19.8 Å². The third-order valence-corrected chi connectivity index (χ3v) is 1.97. The summed E-state index contributed by atoms with van der Waals surface area (Å²) in [4.78, 5) is 34.2. The maximum Gasteiger partial charge on any atom is 0.305 e. The fourth-order valence-corrected chi connectivity index (χ4v) is 1.27. The first-order valence-electron chi connectivity index (χ1n) is 4.84. The molecule has 2 amide bonds. The van der Waals surface area contributed by atoms with Gasteiger partial charge in [-0.15, -0.1) is 0 Å². The van der Waals surface area contributed by atoms with E-state index in [0.717, 1.165) is 4.90 Å². The normalized spacial score (nSPS) is 14.9. The first-order chi connectivity index (χ1) is 7.15. The Hall–Kier alpha value is -1.65. The lowest BCUT2D eigenvalue weighted by Gasteiger charge is -2.12. The monoisotopic (exact) mass is 211 g/mol. The van der Waals surface area contributed by atoms with Crippen LogP contribution in [0.2, 0.25) is 0 Å². The Morgan fingerprint density at radius 3 is 2.47 bits per heavy atom. The van der Waals surface area contributed by atoms with Gasteiger partial charge in [0.05, 0.1) is 6.61 Å². The van der Waals surface area contributed by atoms with Crippen LogP contribution in [-0.4, -0.2) is 35.8 Å². The Balaban J connectivity index is 2.23. The first-order valence-corrected chi connectivity index (χ1v) is 4.84. The van der Waals surface area contributed by atoms with Crippen LogP contribution in [0.15, 0.2) is 12.2 Å². The highest BCUT2D eigenvalue weighted by molar-refractivity contribution is 6.12. The zero-order valence-electron chi connectivity index (χ0n) is 8.56. The van der Waals surface area contributed by atoms with Crippen LogP contribution in [0, 0.1) is 0 Å². The van der Waals surface area contributed by atoms with Gasteiger partial charge in [-0.25, -0.2) is 0 Å². The number of carbonyl (C=O) groups is 3. The quantitative estimate of drug-likeness (QED) is 0.483. The predicted molar refractivity (Wildman–Crippen MR) is 51.7 cm³/mol. The van der Waals surface area contributed by atoms with E-state index in [9.17, 15) is 14.4 Å². The smallest absolute Gasteiger partial charge is 0.305 e. The van der Waals surface area contributed by atoms with Gasteiger partial charge in [0.25, 0.3) is 11.8 Å². The van der Waals surface area contributed by atoms with Gasteiger partial charge < -0.3 is 4.74 Å². The first kappa shape index (κ1) is 11.4. The molecule has 0 aromatic heterocycles. The molecule has 1 aliphatic heterocycles. The van der Waals surface area contributed by atoms with E-state index < -0.39 is 0 Å². The molecule has 0 saturated heterocycles. The van der Waals surface area contributed by atoms with Crippen LogP contribution in [0.3, 0.4) is 0 Å². The summed E-state index contributed by atoms with van der Waals surface area (Å²) in [5.74, 6) is -0.933. The SMILES string of the molecule is CCOC(=O)CCCN1C(=O)C=CC1=O. The van der Waals surface area contributed by atoms with Gasteiger partial charge in [0.1, 0.15) is 0 Å². The van der Waals surface area contributed by atoms with Crippen LogP contribution in [0.4, 0.5) is 0 Å². The Morgan fingerprint density at radius 1 is 1.33 bits per heavy atom. The van der Waals surface area contributed by atoms with Gasteiger partial charge >= 0.3 is 5.97 Å². The minimum Gasteiger partial charge on any atom is -0.466 e. The Bertz CT molecular complexity index is 291. The number of amides is 2. The average molecular weight is 211 g/mol. The van der Waals surface area contributed by atoms with Crippen LogP contribution in [0.25, 0.3) is 0 Å². The summed E-state index contributed by atoms with van der Waals surface area (Å²) in [5, 5.41) is 0. The number of imide groups is 1. The lowest BCUT2D eigenvalue weighted by molar-refractivity contribution is -0.144. The molecule has 82 valence electrons. The molecule has 0 aromatic carbocycles. The van der Waals surface area contributed by atoms with E-state index in [0.29, 0.717) is 13.0 Å². The number of nitrogens with zero attached hydrogens (tertiary/aromatic N) is 1. The summed E-state index contributed by atoms with van der Waals surface area (Å²) in [6.07, 6.45) is 3.13. The van der Waals surface area contributed by atoms with Crippen LogP contribution in [0.5, 0.6) is 0 Å². The summed E-state index contributed by atoms with van der Waals surface area (Å²) in [6.45, 7) is 2.35. The second kappa shape index (κ2) is 5.29. The van der Waals surface area contributed by atoms with Crippen LogP contribution >= 0.6 is 0 Å². The van der Waals surface area contributed by atoms with Crippen molar-refractivity contribution in [3.05, 3.63) is 12.2 Å². The van der Waals surface area contributed by atoms with Crippen molar-refractivity contribution in [2.45, 2.75) is 19.8 Å². The molecule has 0 atom stereocenters. The zero-order chi connectivity index (χ0) is 11.3. The number of esters is 1. The van der Waals surface area contributed by atoms with Crippen molar-refractivity contribution in [3.63, 3.8) is 0 Å². The Morgan fingerprint density at radius 2 is 1.93 bits per heavy atom. The van der Waals surface area contributed by atoms with E-state index in [1.807, 2.05) is 0 Å². The van der Waals surface area contributed by atoms with Gasteiger partial charge in [-0.05, 0) is 13.3 Å². The van der Waals surface area contributed by atoms with Crippen LogP contribution < -0.4 is 0 Å². The predicted octanol–water partition coefficient (Wildman–Crippen LogP) is 0.255. The van der Waals surface area contributed by atoms with Crippen molar-refractivity contribution >= 4 is 17.8 Å². The third kappa shape index (κ3) is 3.19. The molecule has 0 aliphatic carbocycles. The van der Waals surface area contributed by atoms with Gasteiger partial charge in [0, 0.05) is 25.1 Å². The summed E-state index contributed by atoms with van der Waals surface area (Å²) < 4.78 is 4.72. The highest BCUT2D eigenvalue weighted by Crippen LogP contribution is 2.05. The van der Waals surface area contributed by atoms with Crippen molar-refractivity contribution in [1.82, 2.24) is 4.90 Å². The molecule has 0 saturated carbocycles. The van der Waals surface area contributed by atoms with Crippen molar-refractivity contribution in [2.24, 2.45) is 0 Å². The minimum atomic E-state index is -0.316. The van der Waals surface area contributed by atoms with Crippen molar-refractivity contribution < 1.29 is 19.1 Å². The molecule has 0 bridgehead atoms. The van der Waals surface area contributed by atoms with Gasteiger partial charge in [-0.2, -0.15) is 0 Å². The second-order valence-corrected chi connectivity index (χ2v) is 3.07. The van der Waals surface area contributed by atoms with E-state index in [1.165, 1.54) is 12.2 Å². The number of carbonyl (C=O) groups excluding carboxylic acids is 3. The molecule has 0 unspecified atom stereocenters. The fourth-order valence-electron chi connectivity index (χ4n) is 1.27. The zero-order valence-corrected chi connectivity index (χ0v) is 8.56. The number of hydrogen-bond acceptors (Lipinski definition) is 4. The highest BCUT2D eigenvalue weighted by Gasteiger charge is 2.22. The van der Waals surface area contributed by atoms with E-state index >= 15 is 0 Å². The Labute approximate surface area is 87.7 Å². The number of hydrogen-bond donors (Lipinski definition) is 0. The third-order valence-electron chi connectivity index (χ3n) is 1.97. The molecule has 15 heavy (non-hydrogen) atoms. The van der Waals surface area contributed by atoms with Crippen molar-refractivity contribution in [3.8, 4) is 0 Å². The maximum absolute atomic E-state index is 11.1. The van der Waals surface area contributed by atoms with Gasteiger partial charge in [0.15, 0.2) is 0 Å². The van der Waals surface area contributed by atoms with E-state index in [4.69, 9.17) is 4.74 Å².